The molecule has 35 heavy (non-hydrogen) atoms. The molecule has 1 aromatic heterocycles. The Kier molecular flexibility index (Phi) is 8.03. The third kappa shape index (κ3) is 6.38. The zero-order valence-electron chi connectivity index (χ0n) is 18.9. The lowest BCUT2D eigenvalue weighted by molar-refractivity contribution is -0.143. The minimum Gasteiger partial charge on any atom is -0.490 e. The van der Waals surface area contributed by atoms with Crippen molar-refractivity contribution in [2.45, 2.75) is 44.6 Å². The Labute approximate surface area is 211 Å². The third-order valence-corrected chi connectivity index (χ3v) is 7.49. The summed E-state index contributed by atoms with van der Waals surface area (Å²) in [5, 5.41) is 13.4. The van der Waals surface area contributed by atoms with Gasteiger partial charge >= 0.3 is 5.97 Å². The molecule has 0 aliphatic heterocycles. The van der Waals surface area contributed by atoms with Crippen molar-refractivity contribution in [1.82, 2.24) is 5.32 Å². The number of amides is 1. The van der Waals surface area contributed by atoms with Crippen molar-refractivity contribution in [3.63, 3.8) is 0 Å². The van der Waals surface area contributed by atoms with Crippen molar-refractivity contribution in [3.05, 3.63) is 63.7 Å². The molecule has 0 unspecified atom stereocenters. The molecule has 4 rings (SSSR count). The van der Waals surface area contributed by atoms with Crippen LogP contribution in [0.1, 0.15) is 58.6 Å². The molecule has 0 radical (unpaired) electrons. The van der Waals surface area contributed by atoms with Gasteiger partial charge in [0.15, 0.2) is 5.78 Å². The number of ether oxygens (including phenoxy) is 1. The van der Waals surface area contributed by atoms with Gasteiger partial charge in [-0.25, -0.2) is 4.39 Å². The number of rotatable bonds is 9. The Hall–Kier alpha value is -2.97. The van der Waals surface area contributed by atoms with Crippen LogP contribution < -0.4 is 10.1 Å². The van der Waals surface area contributed by atoms with E-state index in [1.54, 1.807) is 24.3 Å². The second-order valence-corrected chi connectivity index (χ2v) is 10.2. The molecule has 0 bridgehead atoms. The van der Waals surface area contributed by atoms with Crippen molar-refractivity contribution >= 4 is 50.7 Å². The summed E-state index contributed by atoms with van der Waals surface area (Å²) in [6, 6.07) is 11.4. The van der Waals surface area contributed by atoms with Gasteiger partial charge in [-0.1, -0.05) is 11.6 Å². The van der Waals surface area contributed by atoms with Crippen LogP contribution in [-0.4, -0.2) is 35.4 Å². The van der Waals surface area contributed by atoms with Crippen LogP contribution in [0, 0.1) is 11.7 Å². The van der Waals surface area contributed by atoms with Gasteiger partial charge in [0, 0.05) is 28.8 Å². The highest BCUT2D eigenvalue weighted by Crippen LogP contribution is 2.29. The average molecular weight is 518 g/mol. The predicted octanol–water partition coefficient (Wildman–Crippen LogP) is 6.11. The van der Waals surface area contributed by atoms with Crippen LogP contribution in [-0.2, 0) is 4.79 Å². The Morgan fingerprint density at radius 3 is 2.57 bits per heavy atom. The van der Waals surface area contributed by atoms with Crippen LogP contribution in [0.25, 0.3) is 10.1 Å². The third-order valence-electron chi connectivity index (χ3n) is 6.14. The van der Waals surface area contributed by atoms with E-state index in [1.165, 1.54) is 23.5 Å². The number of carboxylic acids is 1. The molecule has 2 N–H and O–H groups in total. The fraction of sp³-hybridized carbons (Fsp3) is 0.346. The molecule has 0 spiro atoms. The molecule has 1 heterocycles. The number of halogens is 2. The van der Waals surface area contributed by atoms with Crippen molar-refractivity contribution in [2.75, 3.05) is 6.54 Å². The van der Waals surface area contributed by atoms with Crippen LogP contribution in [0.3, 0.4) is 0 Å². The molecule has 1 saturated carbocycles. The molecule has 0 atom stereocenters. The largest absolute Gasteiger partial charge is 0.490 e. The van der Waals surface area contributed by atoms with E-state index in [0.717, 1.165) is 10.1 Å². The zero-order valence-corrected chi connectivity index (χ0v) is 20.5. The lowest BCUT2D eigenvalue weighted by Crippen LogP contribution is -2.27. The van der Waals surface area contributed by atoms with Gasteiger partial charge < -0.3 is 15.2 Å². The van der Waals surface area contributed by atoms with E-state index in [2.05, 4.69) is 5.32 Å². The number of hydrogen-bond acceptors (Lipinski definition) is 5. The number of nitrogens with one attached hydrogen (secondary N) is 1. The number of carboxylic acid groups (broad SMARTS) is 1. The quantitative estimate of drug-likeness (QED) is 0.264. The summed E-state index contributed by atoms with van der Waals surface area (Å²) in [6.45, 7) is 0.293. The zero-order chi connectivity index (χ0) is 24.9. The van der Waals surface area contributed by atoms with E-state index in [-0.39, 0.29) is 35.7 Å². The molecule has 1 aliphatic carbocycles. The number of hydrogen-bond donors (Lipinski definition) is 2. The number of carbonyl (C=O) groups excluding carboxylic acids is 2. The molecule has 9 heteroatoms. The number of fused-ring (bicyclic) bond motifs is 1. The van der Waals surface area contributed by atoms with Gasteiger partial charge in [-0.05, 0) is 73.9 Å². The maximum atomic E-state index is 14.6. The first kappa shape index (κ1) is 25.1. The van der Waals surface area contributed by atoms with Gasteiger partial charge in [0.05, 0.1) is 22.5 Å². The fourth-order valence-electron chi connectivity index (χ4n) is 4.21. The summed E-state index contributed by atoms with van der Waals surface area (Å²) in [5.41, 5.74) is -0.0142. The SMILES string of the molecule is O=C(NCCCC(=O)c1ccc(OC2CCC(C(=O)O)CC2)cc1F)c1cc2cc(Cl)ccc2s1. The van der Waals surface area contributed by atoms with E-state index in [1.807, 2.05) is 6.07 Å². The molecular weight excluding hydrogens is 493 g/mol. The molecular formula is C26H25ClFNO5S. The van der Waals surface area contributed by atoms with Crippen LogP contribution in [0.2, 0.25) is 5.02 Å². The normalized spacial score (nSPS) is 17.8. The molecule has 1 aliphatic rings. The number of carbonyl (C=O) groups is 3. The van der Waals surface area contributed by atoms with Gasteiger partial charge in [-0.15, -0.1) is 11.3 Å². The maximum Gasteiger partial charge on any atom is 0.306 e. The summed E-state index contributed by atoms with van der Waals surface area (Å²) in [6.07, 6.45) is 2.58. The highest BCUT2D eigenvalue weighted by atomic mass is 35.5. The maximum absolute atomic E-state index is 14.6. The van der Waals surface area contributed by atoms with Gasteiger partial charge in [-0.2, -0.15) is 0 Å². The lowest BCUT2D eigenvalue weighted by atomic mass is 9.87. The number of ketones is 1. The Balaban J connectivity index is 1.23. The summed E-state index contributed by atoms with van der Waals surface area (Å²) in [4.78, 5) is 36.5. The smallest absolute Gasteiger partial charge is 0.306 e. The Morgan fingerprint density at radius 1 is 1.09 bits per heavy atom. The molecule has 184 valence electrons. The second kappa shape index (κ2) is 11.2. The van der Waals surface area contributed by atoms with E-state index in [0.29, 0.717) is 54.3 Å². The minimum absolute atomic E-state index is 0.0142. The van der Waals surface area contributed by atoms with Gasteiger partial charge in [-0.3, -0.25) is 14.4 Å². The minimum atomic E-state index is -0.789. The van der Waals surface area contributed by atoms with Crippen molar-refractivity contribution in [1.29, 1.82) is 0 Å². The summed E-state index contributed by atoms with van der Waals surface area (Å²) < 4.78 is 21.3. The highest BCUT2D eigenvalue weighted by Gasteiger charge is 2.27. The lowest BCUT2D eigenvalue weighted by Gasteiger charge is -2.26. The topological polar surface area (TPSA) is 92.7 Å². The van der Waals surface area contributed by atoms with Crippen molar-refractivity contribution in [3.8, 4) is 5.75 Å². The number of benzene rings is 2. The van der Waals surface area contributed by atoms with Crippen LogP contribution in [0.5, 0.6) is 5.75 Å². The van der Waals surface area contributed by atoms with E-state index < -0.39 is 11.8 Å². The molecule has 2 aromatic carbocycles. The van der Waals surface area contributed by atoms with E-state index >= 15 is 0 Å². The first-order valence-electron chi connectivity index (χ1n) is 11.5. The highest BCUT2D eigenvalue weighted by molar-refractivity contribution is 7.20. The van der Waals surface area contributed by atoms with Gasteiger partial charge in [0.1, 0.15) is 11.6 Å². The monoisotopic (exact) mass is 517 g/mol. The van der Waals surface area contributed by atoms with Crippen molar-refractivity contribution < 1.29 is 28.6 Å². The second-order valence-electron chi connectivity index (χ2n) is 8.65. The van der Waals surface area contributed by atoms with Crippen LogP contribution in [0.4, 0.5) is 4.39 Å². The number of aliphatic carboxylic acids is 1. The average Bonchev–Trinajstić information content (AvgIpc) is 3.25. The standard InChI is InChI=1S/C26H25ClFNO5S/c27-17-5-10-23-16(12-17)13-24(35-23)25(31)29-11-1-2-22(30)20-9-8-19(14-21(20)28)34-18-6-3-15(4-7-18)26(32)33/h5,8-10,12-15,18H,1-4,6-7,11H2,(H,29,31)(H,32,33). The molecule has 1 amide bonds. The number of Topliss-reactive ketones (excluding diaryl/α,β-unsaturated/α-hetero) is 1. The molecule has 6 nitrogen and oxygen atoms in total. The predicted molar refractivity (Wildman–Crippen MR) is 133 cm³/mol. The molecule has 3 aromatic rings. The van der Waals surface area contributed by atoms with E-state index in [9.17, 15) is 18.8 Å². The molecule has 1 fully saturated rings. The Bertz CT molecular complexity index is 1250. The first-order valence-corrected chi connectivity index (χ1v) is 12.7. The van der Waals surface area contributed by atoms with Gasteiger partial charge in [0.2, 0.25) is 0 Å². The van der Waals surface area contributed by atoms with E-state index in [4.69, 9.17) is 21.4 Å². The van der Waals surface area contributed by atoms with Crippen LogP contribution >= 0.6 is 22.9 Å². The van der Waals surface area contributed by atoms with Crippen LogP contribution in [0.15, 0.2) is 42.5 Å². The summed E-state index contributed by atoms with van der Waals surface area (Å²) >= 11 is 7.36. The first-order chi connectivity index (χ1) is 16.8. The Morgan fingerprint density at radius 2 is 1.86 bits per heavy atom. The number of thiophene rings is 1. The molecule has 0 saturated heterocycles. The van der Waals surface area contributed by atoms with Crippen molar-refractivity contribution in [2.24, 2.45) is 5.92 Å². The summed E-state index contributed by atoms with van der Waals surface area (Å²) in [7, 11) is 0. The summed E-state index contributed by atoms with van der Waals surface area (Å²) in [5.74, 6) is -2.03. The fourth-order valence-corrected chi connectivity index (χ4v) is 5.35. The van der Waals surface area contributed by atoms with Gasteiger partial charge in [0.25, 0.3) is 5.91 Å².